The Morgan fingerprint density at radius 2 is 0.312 bits per heavy atom. The molecule has 6 aliphatic carbocycles. The Labute approximate surface area is 840 Å². The summed E-state index contributed by atoms with van der Waals surface area (Å²) in [5, 5.41) is 0. The number of para-hydroxylation sites is 1. The monoisotopic (exact) mass is 1830 g/mol. The van der Waals surface area contributed by atoms with Crippen LogP contribution < -0.4 is 9.80 Å². The summed E-state index contributed by atoms with van der Waals surface area (Å²) in [6, 6.07) is 140. The minimum Gasteiger partial charge on any atom is -0.310 e. The van der Waals surface area contributed by atoms with Crippen LogP contribution in [0.15, 0.2) is 376 Å². The molecule has 0 atom stereocenters. The maximum atomic E-state index is 2.51. The van der Waals surface area contributed by atoms with E-state index in [1.54, 1.807) is 0 Å². The van der Waals surface area contributed by atoms with Crippen molar-refractivity contribution in [2.75, 3.05) is 9.80 Å². The highest BCUT2D eigenvalue weighted by Gasteiger charge is 2.54. The van der Waals surface area contributed by atoms with Gasteiger partial charge in [-0.15, -0.1) is 0 Å². The standard InChI is InChI=1S/2C52H37N.16C2H6/c1-51(2)44-23-11-6-19-38(44)42-30-28-35(32-48(42)51)53(50-27-15-10-18-37(50)34-16-4-3-5-17-34)36-29-31-43-41-22-9-14-26-47(41)52(49(43)33-36)45-24-12-7-20-39(45)40-21-8-13-25-46(40)52;1-51(2)45-20-10-6-16-39(45)43-30-28-37(32-49(43)51)53(36-26-24-35(25-27-36)34-14-4-3-5-15-34)38-29-31-44-42-19-9-13-23-48(42)52(50(44)33-38)46-21-11-7-17-40(46)41-18-8-12-22-47(41)52;16*1-2/h2*3-33H,1-2H3;16*1-2H3. The van der Waals surface area contributed by atoms with Crippen molar-refractivity contribution in [3.8, 4) is 89.0 Å². The first-order chi connectivity index (χ1) is 68.1. The quantitative estimate of drug-likeness (QED) is 0.150. The predicted molar refractivity (Wildman–Crippen MR) is 622 cm³/mol. The molecule has 0 unspecified atom stereocenters. The van der Waals surface area contributed by atoms with Crippen molar-refractivity contribution in [1.82, 2.24) is 0 Å². The third-order valence-electron chi connectivity index (χ3n) is 24.6. The van der Waals surface area contributed by atoms with Gasteiger partial charge in [0.15, 0.2) is 0 Å². The molecule has 0 heterocycles. The summed E-state index contributed by atoms with van der Waals surface area (Å²) < 4.78 is 0. The molecule has 0 aromatic heterocycles. The predicted octanol–water partition coefficient (Wildman–Crippen LogP) is 43.4. The summed E-state index contributed by atoms with van der Waals surface area (Å²) in [4.78, 5) is 4.98. The average molecular weight is 1830 g/mol. The summed E-state index contributed by atoms with van der Waals surface area (Å²) in [6.45, 7) is 73.5. The Morgan fingerprint density at radius 1 is 0.130 bits per heavy atom. The lowest BCUT2D eigenvalue weighted by molar-refractivity contribution is 0.660. The van der Waals surface area contributed by atoms with E-state index < -0.39 is 10.8 Å². The molecule has 0 radical (unpaired) electrons. The Balaban J connectivity index is 0.000000379. The fourth-order valence-electron chi connectivity index (χ4n) is 19.9. The second kappa shape index (κ2) is 57.4. The van der Waals surface area contributed by atoms with Crippen LogP contribution in [0.2, 0.25) is 0 Å². The van der Waals surface area contributed by atoms with E-state index in [1.165, 1.54) is 156 Å². The zero-order valence-corrected chi connectivity index (χ0v) is 91.7. The van der Waals surface area contributed by atoms with Crippen molar-refractivity contribution in [2.45, 2.75) is 271 Å². The van der Waals surface area contributed by atoms with E-state index >= 15 is 0 Å². The van der Waals surface area contributed by atoms with Crippen molar-refractivity contribution in [1.29, 1.82) is 0 Å². The molecular weight excluding hydrogens is 1660 g/mol. The lowest BCUT2D eigenvalue weighted by Crippen LogP contribution is -2.26. The van der Waals surface area contributed by atoms with Gasteiger partial charge in [0.05, 0.1) is 16.5 Å². The van der Waals surface area contributed by atoms with Gasteiger partial charge < -0.3 is 9.80 Å². The maximum Gasteiger partial charge on any atom is 0.0726 e. The number of fused-ring (bicyclic) bond motifs is 26. The molecule has 138 heavy (non-hydrogen) atoms. The topological polar surface area (TPSA) is 6.48 Å². The van der Waals surface area contributed by atoms with Crippen molar-refractivity contribution in [3.63, 3.8) is 0 Å². The van der Waals surface area contributed by atoms with E-state index in [2.05, 4.69) is 414 Å². The molecule has 0 N–H and O–H groups in total. The van der Waals surface area contributed by atoms with Crippen LogP contribution in [0, 0.1) is 0 Å². The Morgan fingerprint density at radius 3 is 0.587 bits per heavy atom. The van der Waals surface area contributed by atoms with Gasteiger partial charge in [0.1, 0.15) is 0 Å². The molecule has 22 rings (SSSR count). The number of hydrogen-bond acceptors (Lipinski definition) is 2. The van der Waals surface area contributed by atoms with E-state index in [4.69, 9.17) is 0 Å². The second-order valence-electron chi connectivity index (χ2n) is 30.5. The fourth-order valence-corrected chi connectivity index (χ4v) is 19.9. The highest BCUT2D eigenvalue weighted by molar-refractivity contribution is 6.00. The molecule has 0 saturated carbocycles. The van der Waals surface area contributed by atoms with Crippen LogP contribution in [-0.4, -0.2) is 0 Å². The number of nitrogens with zero attached hydrogens (tertiary/aromatic N) is 2. The van der Waals surface area contributed by atoms with E-state index in [0.717, 1.165) is 34.1 Å². The Kier molecular flexibility index (Phi) is 48.1. The van der Waals surface area contributed by atoms with Gasteiger partial charge in [-0.05, 0) is 217 Å². The smallest absolute Gasteiger partial charge is 0.0726 e. The molecule has 0 bridgehead atoms. The van der Waals surface area contributed by atoms with Gasteiger partial charge in [-0.3, -0.25) is 0 Å². The van der Waals surface area contributed by atoms with Gasteiger partial charge in [-0.2, -0.15) is 0 Å². The van der Waals surface area contributed by atoms with E-state index in [1.807, 2.05) is 222 Å². The molecule has 16 aromatic carbocycles. The second-order valence-corrected chi connectivity index (χ2v) is 30.5. The first-order valence-corrected chi connectivity index (χ1v) is 53.4. The van der Waals surface area contributed by atoms with Gasteiger partial charge >= 0.3 is 0 Å². The molecule has 16 aromatic rings. The molecular formula is C136H170N2. The molecule has 6 aliphatic rings. The summed E-state index contributed by atoms with van der Waals surface area (Å²) in [6.07, 6.45) is 0. The fraction of sp³-hybridized carbons (Fsp3) is 0.294. The molecule has 0 aliphatic heterocycles. The van der Waals surface area contributed by atoms with Gasteiger partial charge in [-0.25, -0.2) is 0 Å². The van der Waals surface area contributed by atoms with Gasteiger partial charge in [0.25, 0.3) is 0 Å². The van der Waals surface area contributed by atoms with Crippen molar-refractivity contribution >= 4 is 34.1 Å². The largest absolute Gasteiger partial charge is 0.310 e. The third kappa shape index (κ3) is 21.5. The zero-order chi connectivity index (χ0) is 103. The lowest BCUT2D eigenvalue weighted by atomic mass is 9.70. The Bertz CT molecular complexity index is 6160. The van der Waals surface area contributed by atoms with Gasteiger partial charge in [0.2, 0.25) is 0 Å². The van der Waals surface area contributed by atoms with E-state index in [9.17, 15) is 0 Å². The normalized spacial score (nSPS) is 11.9. The SMILES string of the molecule is CC.CC.CC.CC.CC.CC.CC.CC.CC.CC.CC.CC.CC.CC.CC.CC.CC1(C)c2ccccc2-c2ccc(N(c3ccc(-c4ccccc4)cc3)c3ccc4c(c3)C3(c5ccccc5-c5ccccc53)c3ccccc3-4)cc21.CC1(C)c2ccccc2-c2ccc(N(c3ccc4c(c3)C3(c5ccccc5-c5ccccc53)c3ccccc3-4)c3ccccc3-c3ccccc3)cc21. The number of anilines is 6. The first-order valence-electron chi connectivity index (χ1n) is 53.4. The van der Waals surface area contributed by atoms with Crippen LogP contribution in [-0.2, 0) is 21.7 Å². The summed E-state index contributed by atoms with van der Waals surface area (Å²) in [7, 11) is 0. The molecule has 0 amide bonds. The zero-order valence-electron chi connectivity index (χ0n) is 91.7. The van der Waals surface area contributed by atoms with Crippen LogP contribution in [0.1, 0.15) is 316 Å². The minimum absolute atomic E-state index is 0.105. The van der Waals surface area contributed by atoms with E-state index in [-0.39, 0.29) is 10.8 Å². The van der Waals surface area contributed by atoms with Crippen LogP contribution in [0.25, 0.3) is 89.0 Å². The van der Waals surface area contributed by atoms with Gasteiger partial charge in [-0.1, -0.05) is 559 Å². The number of benzene rings is 16. The molecule has 0 fully saturated rings. The molecule has 2 heteroatoms. The molecule has 2 nitrogen and oxygen atoms in total. The summed E-state index contributed by atoms with van der Waals surface area (Å²) in [5.74, 6) is 0. The summed E-state index contributed by atoms with van der Waals surface area (Å²) >= 11 is 0. The van der Waals surface area contributed by atoms with Gasteiger partial charge in [0, 0.05) is 44.8 Å². The highest BCUT2D eigenvalue weighted by atomic mass is 15.2. The van der Waals surface area contributed by atoms with Crippen LogP contribution >= 0.6 is 0 Å². The van der Waals surface area contributed by atoms with Crippen molar-refractivity contribution in [2.24, 2.45) is 0 Å². The number of hydrogen-bond donors (Lipinski definition) is 0. The van der Waals surface area contributed by atoms with Crippen molar-refractivity contribution < 1.29 is 0 Å². The highest BCUT2D eigenvalue weighted by Crippen LogP contribution is 2.66. The minimum atomic E-state index is -0.415. The van der Waals surface area contributed by atoms with Crippen LogP contribution in [0.4, 0.5) is 34.1 Å². The third-order valence-corrected chi connectivity index (χ3v) is 24.6. The molecule has 724 valence electrons. The molecule has 0 saturated heterocycles. The maximum absolute atomic E-state index is 2.51. The van der Waals surface area contributed by atoms with E-state index in [0.29, 0.717) is 0 Å². The van der Waals surface area contributed by atoms with Crippen LogP contribution in [0.3, 0.4) is 0 Å². The first kappa shape index (κ1) is 116. The van der Waals surface area contributed by atoms with Crippen LogP contribution in [0.5, 0.6) is 0 Å². The lowest BCUT2D eigenvalue weighted by Gasteiger charge is -2.33. The number of rotatable bonds is 8. The summed E-state index contributed by atoms with van der Waals surface area (Å²) in [5.41, 5.74) is 42.9. The Hall–Kier alpha value is -12.9. The molecule has 2 spiro atoms. The van der Waals surface area contributed by atoms with Crippen molar-refractivity contribution in [3.05, 3.63) is 443 Å². The average Bonchev–Trinajstić information content (AvgIpc) is 1.51.